The second kappa shape index (κ2) is 6.56. The molecule has 0 aromatic carbocycles. The summed E-state index contributed by atoms with van der Waals surface area (Å²) in [7, 11) is 0. The van der Waals surface area contributed by atoms with E-state index < -0.39 is 0 Å². The van der Waals surface area contributed by atoms with Crippen LogP contribution in [0.3, 0.4) is 0 Å². The molecule has 3 aliphatic carbocycles. The third kappa shape index (κ3) is 3.12. The molecule has 1 aliphatic heterocycles. The Hall–Kier alpha value is -1.68. The molecule has 4 aliphatic rings. The molecule has 0 unspecified atom stereocenters. The third-order valence-electron chi connectivity index (χ3n) is 6.77. The Morgan fingerprint density at radius 2 is 2.16 bits per heavy atom. The van der Waals surface area contributed by atoms with E-state index in [9.17, 15) is 4.79 Å². The molecule has 2 heterocycles. The van der Waals surface area contributed by atoms with Crippen molar-refractivity contribution in [3.05, 3.63) is 41.7 Å². The lowest BCUT2D eigenvalue weighted by molar-refractivity contribution is -0.0105. The number of aromatic nitrogens is 1. The topological polar surface area (TPSA) is 36.4 Å². The first kappa shape index (κ1) is 16.8. The summed E-state index contributed by atoms with van der Waals surface area (Å²) in [5, 5.41) is 0. The fourth-order valence-corrected chi connectivity index (χ4v) is 4.92. The van der Waals surface area contributed by atoms with Crippen LogP contribution in [0.2, 0.25) is 0 Å². The Kier molecular flexibility index (Phi) is 4.40. The largest absolute Gasteiger partial charge is 0.337 e. The quantitative estimate of drug-likeness (QED) is 0.794. The minimum Gasteiger partial charge on any atom is -0.337 e. The lowest BCUT2D eigenvalue weighted by atomic mass is 9.49. The molecule has 25 heavy (non-hydrogen) atoms. The first-order valence-electron chi connectivity index (χ1n) is 9.66. The number of hydrogen-bond donors (Lipinski definition) is 0. The molecule has 0 spiro atoms. The molecule has 1 aromatic heterocycles. The summed E-state index contributed by atoms with van der Waals surface area (Å²) in [5.41, 5.74) is 2.85. The van der Waals surface area contributed by atoms with Gasteiger partial charge >= 0.3 is 0 Å². The molecule has 1 amide bonds. The monoisotopic (exact) mass is 339 g/mol. The number of fused-ring (bicyclic) bond motifs is 1. The Morgan fingerprint density at radius 3 is 2.88 bits per heavy atom. The molecule has 2 atom stereocenters. The van der Waals surface area contributed by atoms with Gasteiger partial charge in [-0.3, -0.25) is 14.7 Å². The summed E-state index contributed by atoms with van der Waals surface area (Å²) in [5.74, 6) is 1.80. The van der Waals surface area contributed by atoms with Crippen molar-refractivity contribution in [2.45, 2.75) is 33.1 Å². The van der Waals surface area contributed by atoms with Crippen molar-refractivity contribution in [3.8, 4) is 0 Å². The maximum Gasteiger partial charge on any atom is 0.255 e. The normalized spacial score (nSPS) is 28.7. The molecule has 4 nitrogen and oxygen atoms in total. The van der Waals surface area contributed by atoms with Crippen LogP contribution in [-0.2, 0) is 0 Å². The highest BCUT2D eigenvalue weighted by atomic mass is 16.2. The van der Waals surface area contributed by atoms with Gasteiger partial charge in [-0.15, -0.1) is 0 Å². The number of nitrogens with zero attached hydrogens (tertiary/aromatic N) is 3. The zero-order valence-corrected chi connectivity index (χ0v) is 15.4. The van der Waals surface area contributed by atoms with Gasteiger partial charge in [0.25, 0.3) is 5.91 Å². The Morgan fingerprint density at radius 1 is 1.28 bits per heavy atom. The van der Waals surface area contributed by atoms with Crippen molar-refractivity contribution < 1.29 is 4.79 Å². The number of allylic oxidation sites excluding steroid dienone is 1. The predicted octanol–water partition coefficient (Wildman–Crippen LogP) is 3.22. The minimum absolute atomic E-state index is 0.120. The molecular weight excluding hydrogens is 310 g/mol. The molecule has 2 fully saturated rings. The summed E-state index contributed by atoms with van der Waals surface area (Å²) < 4.78 is 0. The molecule has 5 rings (SSSR count). The predicted molar refractivity (Wildman–Crippen MR) is 99.3 cm³/mol. The molecular formula is C21H29N3O. The first-order chi connectivity index (χ1) is 12.1. The lowest BCUT2D eigenvalue weighted by Crippen LogP contribution is -2.50. The molecule has 134 valence electrons. The van der Waals surface area contributed by atoms with Crippen molar-refractivity contribution >= 4 is 5.91 Å². The Bertz CT molecular complexity index is 667. The number of rotatable bonds is 3. The van der Waals surface area contributed by atoms with Crippen LogP contribution in [0.5, 0.6) is 0 Å². The number of carbonyl (C=O) groups excluding carboxylic acids is 1. The zero-order chi connectivity index (χ0) is 17.4. The summed E-state index contributed by atoms with van der Waals surface area (Å²) in [6.45, 7) is 9.70. The summed E-state index contributed by atoms with van der Waals surface area (Å²) >= 11 is 0. The van der Waals surface area contributed by atoms with Gasteiger partial charge in [-0.25, -0.2) is 0 Å². The van der Waals surface area contributed by atoms with E-state index in [1.807, 2.05) is 17.0 Å². The first-order valence-corrected chi connectivity index (χ1v) is 9.66. The van der Waals surface area contributed by atoms with Gasteiger partial charge in [0.05, 0.1) is 5.56 Å². The molecule has 0 radical (unpaired) electrons. The number of pyridine rings is 1. The van der Waals surface area contributed by atoms with Crippen molar-refractivity contribution in [3.63, 3.8) is 0 Å². The average molecular weight is 339 g/mol. The van der Waals surface area contributed by atoms with Crippen LogP contribution in [0, 0.1) is 17.3 Å². The van der Waals surface area contributed by atoms with E-state index in [1.54, 1.807) is 18.0 Å². The van der Waals surface area contributed by atoms with Crippen LogP contribution < -0.4 is 0 Å². The van der Waals surface area contributed by atoms with E-state index in [1.165, 1.54) is 12.8 Å². The van der Waals surface area contributed by atoms with Crippen molar-refractivity contribution in [2.75, 3.05) is 32.7 Å². The molecule has 4 heteroatoms. The molecule has 1 saturated carbocycles. The van der Waals surface area contributed by atoms with E-state index in [-0.39, 0.29) is 5.91 Å². The molecule has 0 N–H and O–H groups in total. The van der Waals surface area contributed by atoms with E-state index in [0.717, 1.165) is 51.0 Å². The highest BCUT2D eigenvalue weighted by Gasteiger charge is 2.51. The van der Waals surface area contributed by atoms with Gasteiger partial charge in [-0.2, -0.15) is 0 Å². The molecule has 1 saturated heterocycles. The maximum atomic E-state index is 12.6. The molecule has 2 bridgehead atoms. The van der Waals surface area contributed by atoms with Crippen molar-refractivity contribution in [1.82, 2.24) is 14.8 Å². The third-order valence-corrected chi connectivity index (χ3v) is 6.77. The van der Waals surface area contributed by atoms with Crippen LogP contribution in [0.1, 0.15) is 43.5 Å². The standard InChI is InChI=1S/C21H29N3O/c1-21(2)18-7-6-17(19(21)13-18)15-23-9-4-10-24(12-11-23)20(25)16-5-3-8-22-14-16/h3,5-6,8,14,18-19H,4,7,9-13,15H2,1-2H3/t18-,19-/m0/s1. The van der Waals surface area contributed by atoms with Crippen LogP contribution in [0.25, 0.3) is 0 Å². The van der Waals surface area contributed by atoms with Crippen molar-refractivity contribution in [2.24, 2.45) is 17.3 Å². The van der Waals surface area contributed by atoms with Crippen LogP contribution >= 0.6 is 0 Å². The highest BCUT2D eigenvalue weighted by Crippen LogP contribution is 2.59. The van der Waals surface area contributed by atoms with Gasteiger partial charge < -0.3 is 4.90 Å². The van der Waals surface area contributed by atoms with Gasteiger partial charge in [-0.1, -0.05) is 25.5 Å². The second-order valence-electron chi connectivity index (χ2n) is 8.48. The van der Waals surface area contributed by atoms with Gasteiger partial charge in [0.2, 0.25) is 0 Å². The molecule has 1 aromatic rings. The Balaban J connectivity index is 1.36. The summed E-state index contributed by atoms with van der Waals surface area (Å²) in [6.07, 6.45) is 9.60. The van der Waals surface area contributed by atoms with E-state index in [0.29, 0.717) is 11.0 Å². The van der Waals surface area contributed by atoms with Gasteiger partial charge in [0, 0.05) is 45.1 Å². The van der Waals surface area contributed by atoms with Gasteiger partial charge in [0.15, 0.2) is 0 Å². The summed E-state index contributed by atoms with van der Waals surface area (Å²) in [4.78, 5) is 21.3. The van der Waals surface area contributed by atoms with E-state index in [2.05, 4.69) is 29.8 Å². The van der Waals surface area contributed by atoms with Crippen LogP contribution in [0.15, 0.2) is 36.2 Å². The number of hydrogen-bond acceptors (Lipinski definition) is 3. The minimum atomic E-state index is 0.120. The highest BCUT2D eigenvalue weighted by molar-refractivity contribution is 5.93. The maximum absolute atomic E-state index is 12.6. The number of carbonyl (C=O) groups is 1. The Labute approximate surface area is 150 Å². The van der Waals surface area contributed by atoms with E-state index >= 15 is 0 Å². The van der Waals surface area contributed by atoms with Gasteiger partial charge in [-0.05, 0) is 48.6 Å². The zero-order valence-electron chi connectivity index (χ0n) is 15.4. The van der Waals surface area contributed by atoms with Crippen LogP contribution in [0.4, 0.5) is 0 Å². The van der Waals surface area contributed by atoms with Crippen LogP contribution in [-0.4, -0.2) is 53.4 Å². The number of amides is 1. The average Bonchev–Trinajstić information content (AvgIpc) is 2.87. The fourth-order valence-electron chi connectivity index (χ4n) is 4.92. The van der Waals surface area contributed by atoms with Crippen molar-refractivity contribution in [1.29, 1.82) is 0 Å². The van der Waals surface area contributed by atoms with E-state index in [4.69, 9.17) is 0 Å². The lowest BCUT2D eigenvalue weighted by Gasteiger charge is -2.57. The summed E-state index contributed by atoms with van der Waals surface area (Å²) in [6, 6.07) is 3.69. The van der Waals surface area contributed by atoms with Gasteiger partial charge in [0.1, 0.15) is 0 Å². The smallest absolute Gasteiger partial charge is 0.255 e. The SMILES string of the molecule is CC1(C)[C@H]2CC=C(CN3CCCN(C(=O)c4cccnc4)CC3)[C@@H]1C2. The second-order valence-corrected chi connectivity index (χ2v) is 8.48. The fraction of sp³-hybridized carbons (Fsp3) is 0.619.